The number of rotatable bonds is 1. The third-order valence-electron chi connectivity index (χ3n) is 4.54. The van der Waals surface area contributed by atoms with E-state index in [1.807, 2.05) is 18.2 Å². The van der Waals surface area contributed by atoms with Crippen LogP contribution >= 0.6 is 23.4 Å². The molecule has 1 fully saturated rings. The Morgan fingerprint density at radius 2 is 2.04 bits per heavy atom. The average Bonchev–Trinajstić information content (AvgIpc) is 2.61. The van der Waals surface area contributed by atoms with E-state index in [4.69, 9.17) is 16.0 Å². The number of hydrogen-bond donors (Lipinski definition) is 0. The van der Waals surface area contributed by atoms with Crippen LogP contribution in [0.4, 0.5) is 5.69 Å². The molecule has 0 spiro atoms. The number of nitriles is 1. The van der Waals surface area contributed by atoms with E-state index in [0.717, 1.165) is 47.6 Å². The molecule has 6 heteroatoms. The van der Waals surface area contributed by atoms with E-state index in [0.29, 0.717) is 16.5 Å². The number of halogens is 1. The van der Waals surface area contributed by atoms with Crippen LogP contribution in [0.15, 0.2) is 32.3 Å². The van der Waals surface area contributed by atoms with Crippen LogP contribution in [-0.2, 0) is 5.75 Å². The quantitative estimate of drug-likeness (QED) is 0.754. The number of anilines is 1. The van der Waals surface area contributed by atoms with Crippen molar-refractivity contribution in [3.05, 3.63) is 44.8 Å². The number of fused-ring (bicyclic) bond motifs is 3. The highest BCUT2D eigenvalue weighted by atomic mass is 35.5. The van der Waals surface area contributed by atoms with Crippen LogP contribution in [0.25, 0.3) is 11.3 Å². The smallest absolute Gasteiger partial charge is 0.356 e. The number of benzene rings is 1. The van der Waals surface area contributed by atoms with E-state index in [2.05, 4.69) is 11.0 Å². The highest BCUT2D eigenvalue weighted by molar-refractivity contribution is 7.98. The van der Waals surface area contributed by atoms with Crippen LogP contribution in [0.1, 0.15) is 30.4 Å². The van der Waals surface area contributed by atoms with Crippen molar-refractivity contribution in [3.8, 4) is 17.4 Å². The summed E-state index contributed by atoms with van der Waals surface area (Å²) in [5, 5.41) is 10.1. The Balaban J connectivity index is 1.98. The van der Waals surface area contributed by atoms with E-state index < -0.39 is 5.63 Å². The lowest BCUT2D eigenvalue weighted by atomic mass is 10.0. The monoisotopic (exact) mass is 358 g/mol. The van der Waals surface area contributed by atoms with Gasteiger partial charge in [-0.15, -0.1) is 11.8 Å². The zero-order chi connectivity index (χ0) is 16.7. The number of hydrogen-bond acceptors (Lipinski definition) is 5. The van der Waals surface area contributed by atoms with Gasteiger partial charge in [0.15, 0.2) is 5.56 Å². The number of piperidine rings is 1. The summed E-state index contributed by atoms with van der Waals surface area (Å²) in [5.41, 5.74) is 2.11. The second kappa shape index (κ2) is 6.19. The van der Waals surface area contributed by atoms with E-state index >= 15 is 0 Å². The Morgan fingerprint density at radius 3 is 2.79 bits per heavy atom. The molecule has 4 rings (SSSR count). The molecule has 0 atom stereocenters. The zero-order valence-corrected chi connectivity index (χ0v) is 14.5. The molecular formula is C18H15ClN2O2S. The largest absolute Gasteiger partial charge is 0.421 e. The molecule has 2 aliphatic rings. The third-order valence-corrected chi connectivity index (χ3v) is 5.87. The second-order valence-corrected chi connectivity index (χ2v) is 7.46. The van der Waals surface area contributed by atoms with E-state index in [-0.39, 0.29) is 5.56 Å². The summed E-state index contributed by atoms with van der Waals surface area (Å²) in [4.78, 5) is 15.6. The van der Waals surface area contributed by atoms with Crippen LogP contribution < -0.4 is 10.5 Å². The molecule has 4 nitrogen and oxygen atoms in total. The molecule has 0 amide bonds. The zero-order valence-electron chi connectivity index (χ0n) is 13.0. The minimum Gasteiger partial charge on any atom is -0.421 e. The van der Waals surface area contributed by atoms with Gasteiger partial charge < -0.3 is 9.32 Å². The van der Waals surface area contributed by atoms with E-state index in [1.165, 1.54) is 6.42 Å². The van der Waals surface area contributed by atoms with Crippen molar-refractivity contribution < 1.29 is 4.42 Å². The molecule has 2 aromatic rings. The summed E-state index contributed by atoms with van der Waals surface area (Å²) in [5.74, 6) is 1.25. The van der Waals surface area contributed by atoms with Crippen molar-refractivity contribution in [1.29, 1.82) is 5.26 Å². The molecule has 1 saturated heterocycles. The summed E-state index contributed by atoms with van der Waals surface area (Å²) in [6.45, 7) is 1.75. The SMILES string of the molecule is N#Cc1c(N2CCCCC2)c2c(oc1=O)-c1cc(Cl)ccc1SC2. The molecule has 1 aromatic heterocycles. The summed E-state index contributed by atoms with van der Waals surface area (Å²) in [6, 6.07) is 7.68. The summed E-state index contributed by atoms with van der Waals surface area (Å²) >= 11 is 7.82. The van der Waals surface area contributed by atoms with Gasteiger partial charge in [0, 0.05) is 39.9 Å². The summed E-state index contributed by atoms with van der Waals surface area (Å²) in [6.07, 6.45) is 3.35. The fraction of sp³-hybridized carbons (Fsp3) is 0.333. The van der Waals surface area contributed by atoms with Gasteiger partial charge in [-0.2, -0.15) is 5.26 Å². The van der Waals surface area contributed by atoms with Gasteiger partial charge in [0.25, 0.3) is 0 Å². The summed E-state index contributed by atoms with van der Waals surface area (Å²) < 4.78 is 5.56. The van der Waals surface area contributed by atoms with E-state index in [1.54, 1.807) is 11.8 Å². The van der Waals surface area contributed by atoms with Gasteiger partial charge in [-0.05, 0) is 37.5 Å². The Bertz CT molecular complexity index is 910. The first kappa shape index (κ1) is 15.6. The Kier molecular flexibility index (Phi) is 4.03. The van der Waals surface area contributed by atoms with Crippen LogP contribution in [0.2, 0.25) is 5.02 Å². The van der Waals surface area contributed by atoms with E-state index in [9.17, 15) is 10.1 Å². The highest BCUT2D eigenvalue weighted by Crippen LogP contribution is 2.46. The molecule has 0 radical (unpaired) electrons. The molecule has 0 saturated carbocycles. The first-order valence-corrected chi connectivity index (χ1v) is 9.33. The minimum absolute atomic E-state index is 0.127. The van der Waals surface area contributed by atoms with Crippen molar-refractivity contribution >= 4 is 29.1 Å². The molecule has 0 bridgehead atoms. The van der Waals surface area contributed by atoms with Gasteiger partial charge in [-0.25, -0.2) is 4.79 Å². The molecule has 3 heterocycles. The lowest BCUT2D eigenvalue weighted by Crippen LogP contribution is -2.32. The maximum atomic E-state index is 12.4. The summed E-state index contributed by atoms with van der Waals surface area (Å²) in [7, 11) is 0. The lowest BCUT2D eigenvalue weighted by molar-refractivity contribution is 0.512. The second-order valence-electron chi connectivity index (χ2n) is 6.01. The Labute approximate surface area is 149 Å². The molecule has 0 aliphatic carbocycles. The van der Waals surface area contributed by atoms with Gasteiger partial charge in [0.1, 0.15) is 11.8 Å². The van der Waals surface area contributed by atoms with Crippen molar-refractivity contribution in [1.82, 2.24) is 0 Å². The average molecular weight is 359 g/mol. The molecule has 0 unspecified atom stereocenters. The van der Waals surface area contributed by atoms with Crippen LogP contribution in [-0.4, -0.2) is 13.1 Å². The first-order valence-electron chi connectivity index (χ1n) is 7.97. The van der Waals surface area contributed by atoms with Crippen molar-refractivity contribution in [2.45, 2.75) is 29.9 Å². The minimum atomic E-state index is -0.561. The molecule has 0 N–H and O–H groups in total. The van der Waals surface area contributed by atoms with Gasteiger partial charge >= 0.3 is 5.63 Å². The third kappa shape index (κ3) is 2.51. The van der Waals surface area contributed by atoms with Crippen molar-refractivity contribution in [3.63, 3.8) is 0 Å². The lowest BCUT2D eigenvalue weighted by Gasteiger charge is -2.32. The Morgan fingerprint density at radius 1 is 1.25 bits per heavy atom. The first-order chi connectivity index (χ1) is 11.7. The van der Waals surface area contributed by atoms with Gasteiger partial charge in [0.2, 0.25) is 0 Å². The fourth-order valence-corrected chi connectivity index (χ4v) is 4.64. The standard InChI is InChI=1S/C18H15ClN2O2S/c19-11-4-5-15-12(8-11)17-14(10-24-15)16(13(9-20)18(22)23-17)21-6-2-1-3-7-21/h4-5,8H,1-3,6-7,10H2. The molecule has 1 aromatic carbocycles. The number of thioether (sulfide) groups is 1. The molecular weight excluding hydrogens is 344 g/mol. The highest BCUT2D eigenvalue weighted by Gasteiger charge is 2.29. The topological polar surface area (TPSA) is 57.2 Å². The van der Waals surface area contributed by atoms with Crippen LogP contribution in [0.3, 0.4) is 0 Å². The van der Waals surface area contributed by atoms with Gasteiger partial charge in [-0.1, -0.05) is 11.6 Å². The molecule has 2 aliphatic heterocycles. The number of nitrogens with zero attached hydrogens (tertiary/aromatic N) is 2. The molecule has 122 valence electrons. The van der Waals surface area contributed by atoms with Gasteiger partial charge in [-0.3, -0.25) is 0 Å². The van der Waals surface area contributed by atoms with Crippen LogP contribution in [0.5, 0.6) is 0 Å². The predicted molar refractivity (Wildman–Crippen MR) is 95.8 cm³/mol. The van der Waals surface area contributed by atoms with Gasteiger partial charge in [0.05, 0.1) is 5.69 Å². The maximum Gasteiger partial charge on any atom is 0.356 e. The van der Waals surface area contributed by atoms with Crippen LogP contribution in [0, 0.1) is 11.3 Å². The normalized spacial score (nSPS) is 16.2. The fourth-order valence-electron chi connectivity index (χ4n) is 3.43. The Hall–Kier alpha value is -1.90. The predicted octanol–water partition coefficient (Wildman–Crippen LogP) is 4.43. The maximum absolute atomic E-state index is 12.4. The van der Waals surface area contributed by atoms with Crippen molar-refractivity contribution in [2.24, 2.45) is 0 Å². The molecule has 24 heavy (non-hydrogen) atoms. The van der Waals surface area contributed by atoms with Crippen molar-refractivity contribution in [2.75, 3.05) is 18.0 Å².